The van der Waals surface area contributed by atoms with Crippen molar-refractivity contribution in [3.63, 3.8) is 0 Å². The summed E-state index contributed by atoms with van der Waals surface area (Å²) >= 11 is 0. The van der Waals surface area contributed by atoms with Gasteiger partial charge in [0.15, 0.2) is 17.4 Å². The lowest BCUT2D eigenvalue weighted by atomic mass is 10.1. The quantitative estimate of drug-likeness (QED) is 0.430. The highest BCUT2D eigenvalue weighted by atomic mass is 19.1. The number of halogens is 2. The molecule has 0 radical (unpaired) electrons. The number of carbonyl (C=O) groups excluding carboxylic acids is 2. The van der Waals surface area contributed by atoms with Gasteiger partial charge in [-0.3, -0.25) is 9.59 Å². The molecule has 15 heavy (non-hydrogen) atoms. The molecule has 0 aliphatic rings. The van der Waals surface area contributed by atoms with Crippen LogP contribution >= 0.6 is 0 Å². The lowest BCUT2D eigenvalue weighted by Crippen LogP contribution is -2.06. The van der Waals surface area contributed by atoms with Gasteiger partial charge < -0.3 is 4.74 Å². The number of ether oxygens (including phenoxy) is 1. The van der Waals surface area contributed by atoms with Crippen molar-refractivity contribution < 1.29 is 23.1 Å². The first-order valence-electron chi connectivity index (χ1n) is 4.10. The van der Waals surface area contributed by atoms with E-state index >= 15 is 0 Å². The Balaban J connectivity index is 3.21. The fourth-order valence-corrected chi connectivity index (χ4v) is 1.00. The first kappa shape index (κ1) is 11.3. The number of ketones is 1. The average molecular weight is 214 g/mol. The van der Waals surface area contributed by atoms with Gasteiger partial charge in [0, 0.05) is 12.5 Å². The molecule has 0 N–H and O–H groups in total. The summed E-state index contributed by atoms with van der Waals surface area (Å²) in [4.78, 5) is 21.4. The number of rotatable bonds is 2. The fraction of sp³-hybridized carbons (Fsp3) is 0.200. The molecule has 0 spiro atoms. The van der Waals surface area contributed by atoms with Crippen LogP contribution in [0.25, 0.3) is 0 Å². The van der Waals surface area contributed by atoms with E-state index in [0.29, 0.717) is 0 Å². The van der Waals surface area contributed by atoms with Crippen LogP contribution in [0.5, 0.6) is 5.75 Å². The normalized spacial score (nSPS) is 9.87. The van der Waals surface area contributed by atoms with Crippen LogP contribution in [0.15, 0.2) is 12.1 Å². The largest absolute Gasteiger partial charge is 0.420 e. The SMILES string of the molecule is CC(=O)Oc1c(F)cc(C(C)=O)cc1F. The molecule has 1 aromatic carbocycles. The Hall–Kier alpha value is -1.78. The number of carbonyl (C=O) groups is 2. The molecule has 0 aliphatic heterocycles. The second kappa shape index (κ2) is 4.16. The van der Waals surface area contributed by atoms with Gasteiger partial charge >= 0.3 is 5.97 Å². The molecule has 0 heterocycles. The van der Waals surface area contributed by atoms with Crippen molar-refractivity contribution in [2.75, 3.05) is 0 Å². The summed E-state index contributed by atoms with van der Waals surface area (Å²) in [6.07, 6.45) is 0. The van der Waals surface area contributed by atoms with Gasteiger partial charge in [-0.05, 0) is 19.1 Å². The van der Waals surface area contributed by atoms with Crippen LogP contribution < -0.4 is 4.74 Å². The molecule has 0 saturated carbocycles. The Bertz CT molecular complexity index is 404. The van der Waals surface area contributed by atoms with Crippen molar-refractivity contribution in [1.82, 2.24) is 0 Å². The molecular weight excluding hydrogens is 206 g/mol. The highest BCUT2D eigenvalue weighted by molar-refractivity contribution is 5.94. The van der Waals surface area contributed by atoms with Gasteiger partial charge in [-0.15, -0.1) is 0 Å². The Morgan fingerprint density at radius 3 is 1.93 bits per heavy atom. The molecule has 1 rings (SSSR count). The van der Waals surface area contributed by atoms with E-state index in [1.54, 1.807) is 0 Å². The maximum absolute atomic E-state index is 13.2. The highest BCUT2D eigenvalue weighted by Crippen LogP contribution is 2.23. The summed E-state index contributed by atoms with van der Waals surface area (Å²) in [5, 5.41) is 0. The van der Waals surface area contributed by atoms with Crippen molar-refractivity contribution >= 4 is 11.8 Å². The molecule has 80 valence electrons. The van der Waals surface area contributed by atoms with Crippen LogP contribution in [-0.4, -0.2) is 11.8 Å². The molecule has 0 fully saturated rings. The zero-order chi connectivity index (χ0) is 11.6. The highest BCUT2D eigenvalue weighted by Gasteiger charge is 2.15. The smallest absolute Gasteiger partial charge is 0.308 e. The Kier molecular flexibility index (Phi) is 3.14. The van der Waals surface area contributed by atoms with Crippen molar-refractivity contribution in [2.24, 2.45) is 0 Å². The standard InChI is InChI=1S/C10H8F2O3/c1-5(13)7-3-8(11)10(9(12)4-7)15-6(2)14/h3-4H,1-2H3. The van der Waals surface area contributed by atoms with E-state index in [1.165, 1.54) is 6.92 Å². The minimum absolute atomic E-state index is 0.110. The van der Waals surface area contributed by atoms with Gasteiger partial charge in [-0.2, -0.15) is 0 Å². The molecule has 0 bridgehead atoms. The fourth-order valence-electron chi connectivity index (χ4n) is 1.00. The van der Waals surface area contributed by atoms with E-state index in [0.717, 1.165) is 19.1 Å². The van der Waals surface area contributed by atoms with Crippen LogP contribution in [0.4, 0.5) is 8.78 Å². The van der Waals surface area contributed by atoms with Gasteiger partial charge in [-0.1, -0.05) is 0 Å². The molecule has 0 aliphatic carbocycles. The third-order valence-electron chi connectivity index (χ3n) is 1.65. The summed E-state index contributed by atoms with van der Waals surface area (Å²) < 4.78 is 30.6. The second-order valence-electron chi connectivity index (χ2n) is 2.92. The third kappa shape index (κ3) is 2.59. The summed E-state index contributed by atoms with van der Waals surface area (Å²) in [7, 11) is 0. The second-order valence-corrected chi connectivity index (χ2v) is 2.92. The Morgan fingerprint density at radius 1 is 1.13 bits per heavy atom. The lowest BCUT2D eigenvalue weighted by Gasteiger charge is -2.05. The topological polar surface area (TPSA) is 43.4 Å². The first-order valence-corrected chi connectivity index (χ1v) is 4.10. The van der Waals surface area contributed by atoms with Crippen molar-refractivity contribution in [3.05, 3.63) is 29.3 Å². The van der Waals surface area contributed by atoms with E-state index in [1.807, 2.05) is 0 Å². The molecule has 3 nitrogen and oxygen atoms in total. The molecule has 5 heteroatoms. The number of esters is 1. The summed E-state index contributed by atoms with van der Waals surface area (Å²) in [6, 6.07) is 1.65. The number of benzene rings is 1. The van der Waals surface area contributed by atoms with E-state index < -0.39 is 29.1 Å². The van der Waals surface area contributed by atoms with Gasteiger partial charge in [0.1, 0.15) is 0 Å². The minimum atomic E-state index is -1.07. The van der Waals surface area contributed by atoms with E-state index in [9.17, 15) is 18.4 Å². The number of hydrogen-bond donors (Lipinski definition) is 0. The summed E-state index contributed by atoms with van der Waals surface area (Å²) in [6.45, 7) is 2.21. The van der Waals surface area contributed by atoms with Crippen LogP contribution in [0.1, 0.15) is 24.2 Å². The monoisotopic (exact) mass is 214 g/mol. The molecule has 0 saturated heterocycles. The Morgan fingerprint density at radius 2 is 1.60 bits per heavy atom. The predicted molar refractivity (Wildman–Crippen MR) is 47.7 cm³/mol. The molecule has 0 amide bonds. The summed E-state index contributed by atoms with van der Waals surface area (Å²) in [5.41, 5.74) is -0.110. The van der Waals surface area contributed by atoms with Crippen LogP contribution in [0, 0.1) is 11.6 Å². The molecule has 0 aromatic heterocycles. The number of Topliss-reactive ketones (excluding diaryl/α,β-unsaturated/α-hetero) is 1. The van der Waals surface area contributed by atoms with E-state index in [-0.39, 0.29) is 5.56 Å². The van der Waals surface area contributed by atoms with Gasteiger partial charge in [0.05, 0.1) is 0 Å². The van der Waals surface area contributed by atoms with Gasteiger partial charge in [0.2, 0.25) is 5.75 Å². The Labute approximate surface area is 84.7 Å². The zero-order valence-corrected chi connectivity index (χ0v) is 8.14. The van der Waals surface area contributed by atoms with Crippen molar-refractivity contribution in [2.45, 2.75) is 13.8 Å². The van der Waals surface area contributed by atoms with Crippen molar-refractivity contribution in [1.29, 1.82) is 0 Å². The molecule has 0 atom stereocenters. The molecule has 1 aromatic rings. The lowest BCUT2D eigenvalue weighted by molar-refractivity contribution is -0.132. The van der Waals surface area contributed by atoms with E-state index in [2.05, 4.69) is 4.74 Å². The van der Waals surface area contributed by atoms with Crippen LogP contribution in [0.2, 0.25) is 0 Å². The van der Waals surface area contributed by atoms with Crippen LogP contribution in [0.3, 0.4) is 0 Å². The van der Waals surface area contributed by atoms with Gasteiger partial charge in [-0.25, -0.2) is 8.78 Å². The molecular formula is C10H8F2O3. The van der Waals surface area contributed by atoms with Crippen LogP contribution in [-0.2, 0) is 4.79 Å². The third-order valence-corrected chi connectivity index (χ3v) is 1.65. The maximum Gasteiger partial charge on any atom is 0.308 e. The zero-order valence-electron chi connectivity index (χ0n) is 8.14. The predicted octanol–water partition coefficient (Wildman–Crippen LogP) is 2.09. The summed E-state index contributed by atoms with van der Waals surface area (Å²) in [5.74, 6) is -4.23. The average Bonchev–Trinajstić information content (AvgIpc) is 2.10. The van der Waals surface area contributed by atoms with Crippen molar-refractivity contribution in [3.8, 4) is 5.75 Å². The maximum atomic E-state index is 13.2. The first-order chi connectivity index (χ1) is 6.91. The minimum Gasteiger partial charge on any atom is -0.420 e. The van der Waals surface area contributed by atoms with Gasteiger partial charge in [0.25, 0.3) is 0 Å². The van der Waals surface area contributed by atoms with E-state index in [4.69, 9.17) is 0 Å². The molecule has 0 unspecified atom stereocenters. The number of hydrogen-bond acceptors (Lipinski definition) is 3.